The van der Waals surface area contributed by atoms with Gasteiger partial charge in [0.25, 0.3) is 5.91 Å². The van der Waals surface area contributed by atoms with Gasteiger partial charge in [0.1, 0.15) is 23.2 Å². The minimum Gasteiger partial charge on any atom is -0.494 e. The van der Waals surface area contributed by atoms with Gasteiger partial charge in [-0.25, -0.2) is 13.8 Å². The zero-order valence-electron chi connectivity index (χ0n) is 13.9. The standard InChI is InChI=1S/C17H19F2N3O2/c1-17(2,3)22-16(23)15-13(24-4)5-6-14(21-15)20-12-8-10(18)7-11(19)9-12/h5-9H,1-4H3,(H,20,21)(H,22,23). The zero-order valence-corrected chi connectivity index (χ0v) is 13.9. The highest BCUT2D eigenvalue weighted by molar-refractivity contribution is 5.95. The van der Waals surface area contributed by atoms with E-state index < -0.39 is 23.1 Å². The van der Waals surface area contributed by atoms with Crippen LogP contribution < -0.4 is 15.4 Å². The summed E-state index contributed by atoms with van der Waals surface area (Å²) in [6.07, 6.45) is 0. The van der Waals surface area contributed by atoms with Crippen molar-refractivity contribution in [2.75, 3.05) is 12.4 Å². The Morgan fingerprint density at radius 2 is 1.75 bits per heavy atom. The van der Waals surface area contributed by atoms with Crippen LogP contribution in [0, 0.1) is 11.6 Å². The van der Waals surface area contributed by atoms with E-state index in [4.69, 9.17) is 4.74 Å². The zero-order chi connectivity index (χ0) is 17.9. The van der Waals surface area contributed by atoms with Crippen molar-refractivity contribution >= 4 is 17.4 Å². The number of carbonyl (C=O) groups is 1. The predicted octanol–water partition coefficient (Wildman–Crippen LogP) is 3.64. The molecule has 1 heterocycles. The number of pyridine rings is 1. The minimum atomic E-state index is -0.711. The third kappa shape index (κ3) is 4.65. The van der Waals surface area contributed by atoms with Gasteiger partial charge in [0.05, 0.1) is 7.11 Å². The molecule has 0 aliphatic rings. The van der Waals surface area contributed by atoms with E-state index in [2.05, 4.69) is 15.6 Å². The Labute approximate surface area is 139 Å². The lowest BCUT2D eigenvalue weighted by Crippen LogP contribution is -2.41. The number of ether oxygens (including phenoxy) is 1. The number of aromatic nitrogens is 1. The van der Waals surface area contributed by atoms with Crippen LogP contribution in [0.5, 0.6) is 5.75 Å². The van der Waals surface area contributed by atoms with Crippen LogP contribution in [-0.4, -0.2) is 23.5 Å². The van der Waals surface area contributed by atoms with Crippen molar-refractivity contribution in [2.24, 2.45) is 0 Å². The van der Waals surface area contributed by atoms with Gasteiger partial charge in [-0.15, -0.1) is 0 Å². The van der Waals surface area contributed by atoms with E-state index in [1.165, 1.54) is 7.11 Å². The van der Waals surface area contributed by atoms with Gasteiger partial charge in [-0.1, -0.05) is 0 Å². The Bertz CT molecular complexity index is 738. The molecule has 0 atom stereocenters. The Morgan fingerprint density at radius 1 is 1.12 bits per heavy atom. The van der Waals surface area contributed by atoms with Gasteiger partial charge in [-0.05, 0) is 45.0 Å². The number of halogens is 2. The van der Waals surface area contributed by atoms with Crippen LogP contribution in [0.4, 0.5) is 20.3 Å². The van der Waals surface area contributed by atoms with Crippen molar-refractivity contribution < 1.29 is 18.3 Å². The molecule has 0 spiro atoms. The van der Waals surface area contributed by atoms with Gasteiger partial charge in [0.2, 0.25) is 0 Å². The first-order chi connectivity index (χ1) is 11.2. The molecule has 0 fully saturated rings. The number of nitrogens with zero attached hydrogens (tertiary/aromatic N) is 1. The number of rotatable bonds is 4. The van der Waals surface area contributed by atoms with Gasteiger partial charge in [-0.2, -0.15) is 0 Å². The number of amides is 1. The van der Waals surface area contributed by atoms with Crippen molar-refractivity contribution in [1.29, 1.82) is 0 Å². The summed E-state index contributed by atoms with van der Waals surface area (Å²) in [6, 6.07) is 6.14. The number of anilines is 2. The van der Waals surface area contributed by atoms with Gasteiger partial charge in [0, 0.05) is 17.3 Å². The quantitative estimate of drug-likeness (QED) is 0.895. The number of hydrogen-bond acceptors (Lipinski definition) is 4. The molecule has 0 unspecified atom stereocenters. The molecule has 128 valence electrons. The fourth-order valence-corrected chi connectivity index (χ4v) is 2.02. The monoisotopic (exact) mass is 335 g/mol. The van der Waals surface area contributed by atoms with Crippen LogP contribution in [0.15, 0.2) is 30.3 Å². The smallest absolute Gasteiger partial charge is 0.274 e. The summed E-state index contributed by atoms with van der Waals surface area (Å²) < 4.78 is 31.7. The maximum Gasteiger partial charge on any atom is 0.274 e. The van der Waals surface area contributed by atoms with Gasteiger partial charge in [-0.3, -0.25) is 4.79 Å². The molecule has 0 radical (unpaired) electrons. The molecule has 24 heavy (non-hydrogen) atoms. The summed E-state index contributed by atoms with van der Waals surface area (Å²) in [7, 11) is 1.43. The molecule has 2 N–H and O–H groups in total. The van der Waals surface area contributed by atoms with Gasteiger partial charge >= 0.3 is 0 Å². The average molecular weight is 335 g/mol. The highest BCUT2D eigenvalue weighted by Gasteiger charge is 2.20. The molecule has 0 aliphatic carbocycles. The largest absolute Gasteiger partial charge is 0.494 e. The normalized spacial score (nSPS) is 11.1. The summed E-state index contributed by atoms with van der Waals surface area (Å²) in [5, 5.41) is 5.56. The molecule has 1 aromatic carbocycles. The minimum absolute atomic E-state index is 0.0781. The Kier molecular flexibility index (Phi) is 5.02. The maximum atomic E-state index is 13.3. The molecule has 2 aromatic rings. The molecule has 0 saturated carbocycles. The summed E-state index contributed by atoms with van der Waals surface area (Å²) in [5.74, 6) is -1.27. The van der Waals surface area contributed by atoms with Crippen LogP contribution in [0.2, 0.25) is 0 Å². The summed E-state index contributed by atoms with van der Waals surface area (Å²) in [5.41, 5.74) is -0.180. The molecule has 1 aromatic heterocycles. The molecule has 0 aliphatic heterocycles. The third-order valence-electron chi connectivity index (χ3n) is 2.92. The summed E-state index contributed by atoms with van der Waals surface area (Å²) in [4.78, 5) is 16.5. The maximum absolute atomic E-state index is 13.3. The highest BCUT2D eigenvalue weighted by atomic mass is 19.1. The Morgan fingerprint density at radius 3 is 2.29 bits per heavy atom. The second-order valence-electron chi connectivity index (χ2n) is 6.23. The second kappa shape index (κ2) is 6.82. The number of hydrogen-bond donors (Lipinski definition) is 2. The lowest BCUT2D eigenvalue weighted by molar-refractivity contribution is 0.0911. The first-order valence-corrected chi connectivity index (χ1v) is 7.28. The molecule has 5 nitrogen and oxygen atoms in total. The Balaban J connectivity index is 2.32. The summed E-state index contributed by atoms with van der Waals surface area (Å²) >= 11 is 0. The fourth-order valence-electron chi connectivity index (χ4n) is 2.02. The van der Waals surface area contributed by atoms with Crippen LogP contribution in [0.3, 0.4) is 0 Å². The molecule has 0 bridgehead atoms. The molecule has 1 amide bonds. The number of methoxy groups -OCH3 is 1. The van der Waals surface area contributed by atoms with Crippen LogP contribution >= 0.6 is 0 Å². The molecular formula is C17H19F2N3O2. The fraction of sp³-hybridized carbons (Fsp3) is 0.294. The van der Waals surface area contributed by atoms with Crippen molar-refractivity contribution in [3.8, 4) is 5.75 Å². The van der Waals surface area contributed by atoms with Crippen LogP contribution in [0.25, 0.3) is 0 Å². The van der Waals surface area contributed by atoms with Gasteiger partial charge in [0.15, 0.2) is 5.69 Å². The van der Waals surface area contributed by atoms with Crippen LogP contribution in [0.1, 0.15) is 31.3 Å². The summed E-state index contributed by atoms with van der Waals surface area (Å²) in [6.45, 7) is 5.53. The van der Waals surface area contributed by atoms with E-state index in [1.807, 2.05) is 20.8 Å². The van der Waals surface area contributed by atoms with E-state index in [0.29, 0.717) is 5.75 Å². The average Bonchev–Trinajstić information content (AvgIpc) is 2.44. The van der Waals surface area contributed by atoms with Crippen molar-refractivity contribution in [3.63, 3.8) is 0 Å². The third-order valence-corrected chi connectivity index (χ3v) is 2.92. The number of carbonyl (C=O) groups excluding carboxylic acids is 1. The van der Waals surface area contributed by atoms with E-state index in [0.717, 1.165) is 18.2 Å². The van der Waals surface area contributed by atoms with Crippen molar-refractivity contribution in [2.45, 2.75) is 26.3 Å². The van der Waals surface area contributed by atoms with E-state index in [1.54, 1.807) is 12.1 Å². The van der Waals surface area contributed by atoms with Crippen molar-refractivity contribution in [1.82, 2.24) is 10.3 Å². The number of nitrogens with one attached hydrogen (secondary N) is 2. The van der Waals surface area contributed by atoms with Crippen molar-refractivity contribution in [3.05, 3.63) is 47.7 Å². The number of benzene rings is 1. The van der Waals surface area contributed by atoms with E-state index in [9.17, 15) is 13.6 Å². The second-order valence-corrected chi connectivity index (χ2v) is 6.23. The lowest BCUT2D eigenvalue weighted by Gasteiger charge is -2.21. The Hall–Kier alpha value is -2.70. The van der Waals surface area contributed by atoms with E-state index in [-0.39, 0.29) is 17.2 Å². The van der Waals surface area contributed by atoms with E-state index >= 15 is 0 Å². The lowest BCUT2D eigenvalue weighted by atomic mass is 10.1. The first-order valence-electron chi connectivity index (χ1n) is 7.28. The topological polar surface area (TPSA) is 63.2 Å². The highest BCUT2D eigenvalue weighted by Crippen LogP contribution is 2.23. The molecule has 2 rings (SSSR count). The SMILES string of the molecule is COc1ccc(Nc2cc(F)cc(F)c2)nc1C(=O)NC(C)(C)C. The molecular weight excluding hydrogens is 316 g/mol. The van der Waals surface area contributed by atoms with Gasteiger partial charge < -0.3 is 15.4 Å². The first kappa shape index (κ1) is 17.7. The molecule has 7 heteroatoms. The van der Waals surface area contributed by atoms with Crippen LogP contribution in [-0.2, 0) is 0 Å². The molecule has 0 saturated heterocycles. The predicted molar refractivity (Wildman–Crippen MR) is 87.6 cm³/mol.